The Balaban J connectivity index is 1.90. The lowest BCUT2D eigenvalue weighted by Gasteiger charge is -2.18. The van der Waals surface area contributed by atoms with Crippen LogP contribution in [0.1, 0.15) is 11.3 Å². The molecule has 0 saturated heterocycles. The molecule has 2 aromatic heterocycles. The Labute approximate surface area is 185 Å². The Kier molecular flexibility index (Phi) is 6.79. The predicted octanol–water partition coefficient (Wildman–Crippen LogP) is 4.04. The number of anilines is 1. The molecule has 2 heterocycles. The molecule has 32 heavy (non-hydrogen) atoms. The number of fused-ring (bicyclic) bond motifs is 1. The van der Waals surface area contributed by atoms with Gasteiger partial charge in [-0.15, -0.1) is 0 Å². The molecule has 0 N–H and O–H groups in total. The van der Waals surface area contributed by atoms with E-state index in [4.69, 9.17) is 4.74 Å². The summed E-state index contributed by atoms with van der Waals surface area (Å²) in [6, 6.07) is 4.38. The van der Waals surface area contributed by atoms with Gasteiger partial charge in [-0.2, -0.15) is 18.2 Å². The second-order valence-corrected chi connectivity index (χ2v) is 14.8. The van der Waals surface area contributed by atoms with Gasteiger partial charge in [-0.3, -0.25) is 4.57 Å². The van der Waals surface area contributed by atoms with Gasteiger partial charge >= 0.3 is 11.9 Å². The molecule has 0 radical (unpaired) electrons. The molecule has 0 atom stereocenters. The van der Waals surface area contributed by atoms with E-state index in [1.54, 1.807) is 36.1 Å². The third kappa shape index (κ3) is 5.77. The average molecular weight is 468 g/mol. The van der Waals surface area contributed by atoms with E-state index in [-0.39, 0.29) is 12.1 Å². The molecule has 0 spiro atoms. The maximum atomic E-state index is 13.3. The summed E-state index contributed by atoms with van der Waals surface area (Å²) in [7, 11) is 2.19. The highest BCUT2D eigenvalue weighted by Crippen LogP contribution is 2.33. The van der Waals surface area contributed by atoms with Crippen LogP contribution < -0.4 is 10.6 Å². The Bertz CT molecular complexity index is 1150. The molecule has 11 heteroatoms. The van der Waals surface area contributed by atoms with Crippen LogP contribution in [0, 0.1) is 0 Å². The minimum atomic E-state index is -4.52. The lowest BCUT2D eigenvalue weighted by Crippen LogP contribution is -2.27. The molecule has 0 aliphatic heterocycles. The summed E-state index contributed by atoms with van der Waals surface area (Å²) in [4.78, 5) is 22.7. The van der Waals surface area contributed by atoms with E-state index < -0.39 is 25.5 Å². The average Bonchev–Trinajstić information content (AvgIpc) is 3.12. The van der Waals surface area contributed by atoms with Crippen molar-refractivity contribution >= 4 is 24.8 Å². The number of halogens is 3. The van der Waals surface area contributed by atoms with Crippen molar-refractivity contribution in [1.82, 2.24) is 19.1 Å². The van der Waals surface area contributed by atoms with E-state index in [2.05, 4.69) is 29.6 Å². The van der Waals surface area contributed by atoms with E-state index >= 15 is 0 Å². The van der Waals surface area contributed by atoms with Crippen molar-refractivity contribution in [3.05, 3.63) is 52.5 Å². The van der Waals surface area contributed by atoms with Gasteiger partial charge in [0.2, 0.25) is 0 Å². The Morgan fingerprint density at radius 2 is 1.91 bits per heavy atom. The second-order valence-electron chi connectivity index (χ2n) is 9.16. The summed E-state index contributed by atoms with van der Waals surface area (Å²) in [6.07, 6.45) is -1.22. The van der Waals surface area contributed by atoms with Gasteiger partial charge in [0.15, 0.2) is 0 Å². The number of ether oxygens (including phenoxy) is 1. The van der Waals surface area contributed by atoms with Crippen molar-refractivity contribution in [2.24, 2.45) is 0 Å². The quantitative estimate of drug-likeness (QED) is 0.370. The molecular formula is C21H28F3N5O2Si. The van der Waals surface area contributed by atoms with Crippen LogP contribution in [0.4, 0.5) is 19.0 Å². The highest BCUT2D eigenvalue weighted by molar-refractivity contribution is 6.76. The topological polar surface area (TPSA) is 65.2 Å². The number of rotatable bonds is 8. The number of aromatic nitrogens is 4. The number of nitrogens with zero attached hydrogens (tertiary/aromatic N) is 5. The zero-order valence-electron chi connectivity index (χ0n) is 18.9. The lowest BCUT2D eigenvalue weighted by molar-refractivity contribution is -0.137. The van der Waals surface area contributed by atoms with Crippen LogP contribution >= 0.6 is 0 Å². The van der Waals surface area contributed by atoms with E-state index in [1.165, 1.54) is 10.6 Å². The Morgan fingerprint density at radius 3 is 2.53 bits per heavy atom. The SMILES string of the molecule is CN(C)c1nc(=O)n(Cc2cn(COCC[Si](C)(C)C)cn2)c2cc(C(F)(F)F)ccc12. The van der Waals surface area contributed by atoms with Crippen LogP contribution in [0.3, 0.4) is 0 Å². The van der Waals surface area contributed by atoms with E-state index in [0.717, 1.165) is 18.2 Å². The Hall–Kier alpha value is -2.66. The summed E-state index contributed by atoms with van der Waals surface area (Å²) < 4.78 is 48.6. The number of hydrogen-bond donors (Lipinski definition) is 0. The summed E-state index contributed by atoms with van der Waals surface area (Å²) in [5.41, 5.74) is -0.777. The van der Waals surface area contributed by atoms with Gasteiger partial charge in [0.1, 0.15) is 12.5 Å². The van der Waals surface area contributed by atoms with Crippen molar-refractivity contribution in [3.63, 3.8) is 0 Å². The first kappa shape index (κ1) is 24.0. The summed E-state index contributed by atoms with van der Waals surface area (Å²) in [5.74, 6) is 0.316. The Morgan fingerprint density at radius 1 is 1.19 bits per heavy atom. The number of hydrogen-bond acceptors (Lipinski definition) is 5. The van der Waals surface area contributed by atoms with Crippen LogP contribution in [-0.2, 0) is 24.2 Å². The molecule has 0 saturated carbocycles. The molecule has 3 rings (SSSR count). The maximum absolute atomic E-state index is 13.3. The monoisotopic (exact) mass is 467 g/mol. The minimum Gasteiger partial charge on any atom is -0.362 e. The third-order valence-corrected chi connectivity index (χ3v) is 6.66. The van der Waals surface area contributed by atoms with E-state index in [1.807, 2.05) is 0 Å². The van der Waals surface area contributed by atoms with Gasteiger partial charge in [-0.25, -0.2) is 9.78 Å². The van der Waals surface area contributed by atoms with Crippen molar-refractivity contribution in [2.45, 2.75) is 45.1 Å². The van der Waals surface area contributed by atoms with Crippen LogP contribution in [-0.4, -0.2) is 47.9 Å². The molecule has 7 nitrogen and oxygen atoms in total. The van der Waals surface area contributed by atoms with Crippen LogP contribution in [0.2, 0.25) is 25.7 Å². The predicted molar refractivity (Wildman–Crippen MR) is 121 cm³/mol. The normalized spacial score (nSPS) is 12.5. The maximum Gasteiger partial charge on any atom is 0.416 e. The molecule has 3 aromatic rings. The standard InChI is InChI=1S/C21H28F3N5O2Si/c1-27(2)19-17-7-6-15(21(22,23)24)10-18(17)29(20(30)26-19)12-16-11-28(13-25-16)14-31-8-9-32(3,4)5/h6-7,10-11,13H,8-9,12,14H2,1-5H3. The van der Waals surface area contributed by atoms with Crippen molar-refractivity contribution < 1.29 is 17.9 Å². The minimum absolute atomic E-state index is 0.000737. The van der Waals surface area contributed by atoms with Crippen LogP contribution in [0.5, 0.6) is 0 Å². The van der Waals surface area contributed by atoms with Gasteiger partial charge in [-0.1, -0.05) is 19.6 Å². The zero-order chi connectivity index (χ0) is 23.7. The third-order valence-electron chi connectivity index (χ3n) is 4.96. The summed E-state index contributed by atoms with van der Waals surface area (Å²) in [5, 5.41) is 0.455. The fourth-order valence-corrected chi connectivity index (χ4v) is 3.95. The van der Waals surface area contributed by atoms with Gasteiger partial charge in [0.05, 0.1) is 29.6 Å². The van der Waals surface area contributed by atoms with Crippen LogP contribution in [0.15, 0.2) is 35.5 Å². The highest BCUT2D eigenvalue weighted by atomic mass is 28.3. The molecule has 0 aliphatic carbocycles. The summed E-state index contributed by atoms with van der Waals surface area (Å²) in [6.45, 7) is 7.79. The largest absolute Gasteiger partial charge is 0.416 e. The number of alkyl halides is 3. The molecule has 0 unspecified atom stereocenters. The van der Waals surface area contributed by atoms with Crippen molar-refractivity contribution in [1.29, 1.82) is 0 Å². The first-order valence-corrected chi connectivity index (χ1v) is 13.9. The fourth-order valence-electron chi connectivity index (χ4n) is 3.20. The highest BCUT2D eigenvalue weighted by Gasteiger charge is 2.31. The number of benzene rings is 1. The number of imidazole rings is 1. The molecule has 0 fully saturated rings. The van der Waals surface area contributed by atoms with E-state index in [9.17, 15) is 18.0 Å². The van der Waals surface area contributed by atoms with E-state index in [0.29, 0.717) is 30.2 Å². The zero-order valence-corrected chi connectivity index (χ0v) is 19.9. The summed E-state index contributed by atoms with van der Waals surface area (Å²) >= 11 is 0. The molecule has 1 aromatic carbocycles. The first-order valence-electron chi connectivity index (χ1n) is 10.2. The van der Waals surface area contributed by atoms with Gasteiger partial charge in [-0.05, 0) is 24.2 Å². The van der Waals surface area contributed by atoms with Gasteiger partial charge < -0.3 is 14.2 Å². The second kappa shape index (κ2) is 9.06. The molecule has 174 valence electrons. The van der Waals surface area contributed by atoms with Crippen molar-refractivity contribution in [3.8, 4) is 0 Å². The van der Waals surface area contributed by atoms with Crippen LogP contribution in [0.25, 0.3) is 10.9 Å². The smallest absolute Gasteiger partial charge is 0.362 e. The molecular weight excluding hydrogens is 439 g/mol. The molecule has 0 amide bonds. The fraction of sp³-hybridized carbons (Fsp3) is 0.476. The first-order chi connectivity index (χ1) is 14.8. The molecule has 0 aliphatic rings. The molecule has 0 bridgehead atoms. The van der Waals surface area contributed by atoms with Gasteiger partial charge in [0.25, 0.3) is 0 Å². The van der Waals surface area contributed by atoms with Gasteiger partial charge in [0, 0.05) is 40.4 Å². The lowest BCUT2D eigenvalue weighted by atomic mass is 10.1. The van der Waals surface area contributed by atoms with Crippen molar-refractivity contribution in [2.75, 3.05) is 25.6 Å².